The fraction of sp³-hybridized carbons (Fsp3) is 0.400. The molecule has 0 bridgehead atoms. The van der Waals surface area contributed by atoms with Crippen LogP contribution in [0.25, 0.3) is 0 Å². The highest BCUT2D eigenvalue weighted by Gasteiger charge is 2.24. The standard InChI is InChI=1S/C10H14Br2N2O4S/c1-18-5-7(4-15)14-19(16,17)10-8(12)2-6(11)3-9(10)13/h2-3,7,14-15H,4-5,13H2,1H3. The summed E-state index contributed by atoms with van der Waals surface area (Å²) in [5.74, 6) is 0. The van der Waals surface area contributed by atoms with Gasteiger partial charge in [0.1, 0.15) is 4.90 Å². The molecule has 0 aromatic heterocycles. The van der Waals surface area contributed by atoms with E-state index in [1.54, 1.807) is 6.07 Å². The van der Waals surface area contributed by atoms with Crippen molar-refractivity contribution in [3.8, 4) is 0 Å². The van der Waals surface area contributed by atoms with E-state index in [1.807, 2.05) is 0 Å². The molecule has 0 saturated heterocycles. The van der Waals surface area contributed by atoms with Crippen LogP contribution >= 0.6 is 31.9 Å². The lowest BCUT2D eigenvalue weighted by atomic mass is 10.3. The first kappa shape index (κ1) is 16.9. The molecular formula is C10H14Br2N2O4S. The largest absolute Gasteiger partial charge is 0.398 e. The number of sulfonamides is 1. The normalized spacial score (nSPS) is 13.5. The van der Waals surface area contributed by atoms with Crippen LogP contribution in [0.2, 0.25) is 0 Å². The molecule has 0 aliphatic heterocycles. The number of aliphatic hydroxyl groups excluding tert-OH is 1. The molecule has 108 valence electrons. The van der Waals surface area contributed by atoms with Crippen molar-refractivity contribution >= 4 is 47.6 Å². The predicted molar refractivity (Wildman–Crippen MR) is 79.3 cm³/mol. The number of aliphatic hydroxyl groups is 1. The number of benzene rings is 1. The van der Waals surface area contributed by atoms with Crippen LogP contribution in [0.5, 0.6) is 0 Å². The van der Waals surface area contributed by atoms with Crippen molar-refractivity contribution in [1.82, 2.24) is 4.72 Å². The van der Waals surface area contributed by atoms with Crippen LogP contribution in [0.15, 0.2) is 26.0 Å². The van der Waals surface area contributed by atoms with Crippen LogP contribution in [-0.4, -0.2) is 39.9 Å². The average Bonchev–Trinajstić information content (AvgIpc) is 2.25. The van der Waals surface area contributed by atoms with E-state index < -0.39 is 16.1 Å². The smallest absolute Gasteiger partial charge is 0.244 e. The van der Waals surface area contributed by atoms with Gasteiger partial charge in [-0.05, 0) is 28.1 Å². The highest BCUT2D eigenvalue weighted by molar-refractivity contribution is 9.11. The number of nitrogens with two attached hydrogens (primary N) is 1. The van der Waals surface area contributed by atoms with E-state index in [-0.39, 0.29) is 23.8 Å². The number of anilines is 1. The van der Waals surface area contributed by atoms with Crippen LogP contribution in [0.3, 0.4) is 0 Å². The molecule has 0 heterocycles. The average molecular weight is 418 g/mol. The van der Waals surface area contributed by atoms with Gasteiger partial charge in [0.15, 0.2) is 0 Å². The Kier molecular flexibility index (Phi) is 6.21. The zero-order valence-electron chi connectivity index (χ0n) is 10.1. The molecule has 1 aromatic carbocycles. The molecule has 0 aliphatic carbocycles. The van der Waals surface area contributed by atoms with Gasteiger partial charge in [-0.2, -0.15) is 0 Å². The number of ether oxygens (including phenoxy) is 1. The molecule has 1 atom stereocenters. The molecule has 19 heavy (non-hydrogen) atoms. The number of nitrogen functional groups attached to an aromatic ring is 1. The van der Waals surface area contributed by atoms with Crippen molar-refractivity contribution in [2.75, 3.05) is 26.1 Å². The van der Waals surface area contributed by atoms with Crippen molar-refractivity contribution in [1.29, 1.82) is 0 Å². The molecule has 0 aliphatic rings. The Bertz CT molecular complexity index is 527. The molecule has 9 heteroatoms. The molecule has 4 N–H and O–H groups in total. The van der Waals surface area contributed by atoms with Crippen molar-refractivity contribution < 1.29 is 18.3 Å². The summed E-state index contributed by atoms with van der Waals surface area (Å²) in [4.78, 5) is -0.0646. The summed E-state index contributed by atoms with van der Waals surface area (Å²) >= 11 is 6.38. The van der Waals surface area contributed by atoms with Gasteiger partial charge >= 0.3 is 0 Å². The maximum atomic E-state index is 12.2. The van der Waals surface area contributed by atoms with Gasteiger partial charge in [0.2, 0.25) is 10.0 Å². The lowest BCUT2D eigenvalue weighted by molar-refractivity contribution is 0.139. The topological polar surface area (TPSA) is 102 Å². The molecule has 0 radical (unpaired) electrons. The van der Waals surface area contributed by atoms with Gasteiger partial charge in [-0.25, -0.2) is 13.1 Å². The molecule has 0 fully saturated rings. The molecule has 0 saturated carbocycles. The van der Waals surface area contributed by atoms with E-state index in [1.165, 1.54) is 13.2 Å². The van der Waals surface area contributed by atoms with E-state index in [2.05, 4.69) is 36.6 Å². The Morgan fingerprint density at radius 2 is 2.11 bits per heavy atom. The van der Waals surface area contributed by atoms with Crippen LogP contribution < -0.4 is 10.5 Å². The second-order valence-electron chi connectivity index (χ2n) is 3.76. The van der Waals surface area contributed by atoms with Gasteiger partial charge in [0.25, 0.3) is 0 Å². The molecule has 1 aromatic rings. The van der Waals surface area contributed by atoms with Gasteiger partial charge in [0, 0.05) is 16.1 Å². The number of hydrogen-bond donors (Lipinski definition) is 3. The third-order valence-electron chi connectivity index (χ3n) is 2.22. The van der Waals surface area contributed by atoms with Crippen LogP contribution in [0.4, 0.5) is 5.69 Å². The maximum absolute atomic E-state index is 12.2. The number of halogens is 2. The van der Waals surface area contributed by atoms with E-state index in [4.69, 9.17) is 15.6 Å². The van der Waals surface area contributed by atoms with Crippen LogP contribution in [-0.2, 0) is 14.8 Å². The second-order valence-corrected chi connectivity index (χ2v) is 7.18. The minimum atomic E-state index is -3.85. The third kappa shape index (κ3) is 4.40. The van der Waals surface area contributed by atoms with E-state index in [0.29, 0.717) is 8.95 Å². The van der Waals surface area contributed by atoms with Crippen LogP contribution in [0.1, 0.15) is 0 Å². The lowest BCUT2D eigenvalue weighted by Crippen LogP contribution is -2.40. The Balaban J connectivity index is 3.14. The minimum Gasteiger partial charge on any atom is -0.398 e. The van der Waals surface area contributed by atoms with Crippen molar-refractivity contribution in [2.24, 2.45) is 0 Å². The fourth-order valence-corrected chi connectivity index (χ4v) is 4.75. The summed E-state index contributed by atoms with van der Waals surface area (Å²) in [5.41, 5.74) is 5.83. The van der Waals surface area contributed by atoms with Gasteiger partial charge in [0.05, 0.1) is 24.9 Å². The third-order valence-corrected chi connectivity index (χ3v) is 5.20. The van der Waals surface area contributed by atoms with Crippen molar-refractivity contribution in [3.05, 3.63) is 21.1 Å². The first-order valence-electron chi connectivity index (χ1n) is 5.18. The predicted octanol–water partition coefficient (Wildman–Crippen LogP) is 1.08. The summed E-state index contributed by atoms with van der Waals surface area (Å²) < 4.78 is 32.6. The highest BCUT2D eigenvalue weighted by Crippen LogP contribution is 2.31. The number of methoxy groups -OCH3 is 1. The molecule has 1 rings (SSSR count). The van der Waals surface area contributed by atoms with Gasteiger partial charge < -0.3 is 15.6 Å². The molecule has 6 nitrogen and oxygen atoms in total. The molecule has 0 amide bonds. The monoisotopic (exact) mass is 416 g/mol. The number of hydrogen-bond acceptors (Lipinski definition) is 5. The second kappa shape index (κ2) is 7.00. The lowest BCUT2D eigenvalue weighted by Gasteiger charge is -2.17. The SMILES string of the molecule is COCC(CO)NS(=O)(=O)c1c(N)cc(Br)cc1Br. The van der Waals surface area contributed by atoms with E-state index >= 15 is 0 Å². The summed E-state index contributed by atoms with van der Waals surface area (Å²) in [6.07, 6.45) is 0. The highest BCUT2D eigenvalue weighted by atomic mass is 79.9. The first-order valence-corrected chi connectivity index (χ1v) is 8.25. The maximum Gasteiger partial charge on any atom is 0.244 e. The Morgan fingerprint density at radius 3 is 2.58 bits per heavy atom. The summed E-state index contributed by atoms with van der Waals surface area (Å²) in [6.45, 7) is -0.315. The minimum absolute atomic E-state index is 0.0593. The van der Waals surface area contributed by atoms with E-state index in [9.17, 15) is 8.42 Å². The van der Waals surface area contributed by atoms with Gasteiger partial charge in [-0.3, -0.25) is 0 Å². The zero-order chi connectivity index (χ0) is 14.6. The van der Waals surface area contributed by atoms with Crippen LogP contribution in [0, 0.1) is 0 Å². The summed E-state index contributed by atoms with van der Waals surface area (Å²) in [6, 6.07) is 2.34. The Hall–Kier alpha value is -0.190. The Labute approximate surface area is 128 Å². The fourth-order valence-electron chi connectivity index (χ4n) is 1.47. The van der Waals surface area contributed by atoms with E-state index in [0.717, 1.165) is 0 Å². The van der Waals surface area contributed by atoms with Crippen molar-refractivity contribution in [3.63, 3.8) is 0 Å². The number of rotatable bonds is 6. The van der Waals surface area contributed by atoms with Crippen molar-refractivity contribution in [2.45, 2.75) is 10.9 Å². The summed E-state index contributed by atoms with van der Waals surface area (Å²) in [7, 11) is -2.44. The van der Waals surface area contributed by atoms with Gasteiger partial charge in [-0.1, -0.05) is 15.9 Å². The number of nitrogens with one attached hydrogen (secondary N) is 1. The zero-order valence-corrected chi connectivity index (χ0v) is 14.0. The summed E-state index contributed by atoms with van der Waals surface area (Å²) in [5, 5.41) is 9.09. The quantitative estimate of drug-likeness (QED) is 0.601. The Morgan fingerprint density at radius 1 is 1.47 bits per heavy atom. The molecule has 0 spiro atoms. The first-order chi connectivity index (χ1) is 8.81. The molecular weight excluding hydrogens is 404 g/mol. The van der Waals surface area contributed by atoms with Gasteiger partial charge in [-0.15, -0.1) is 0 Å². The molecule has 1 unspecified atom stereocenters.